The van der Waals surface area contributed by atoms with Crippen molar-refractivity contribution in [2.75, 3.05) is 38.8 Å². The average molecular weight is 409 g/mol. The number of hydrazone groups is 1. The maximum atomic E-state index is 5.53. The highest BCUT2D eigenvalue weighted by Crippen LogP contribution is 2.25. The average Bonchev–Trinajstić information content (AvgIpc) is 3.24. The Hall–Kier alpha value is -2.74. The van der Waals surface area contributed by atoms with Gasteiger partial charge in [-0.2, -0.15) is 5.10 Å². The minimum atomic E-state index is 0.766. The van der Waals surface area contributed by atoms with Crippen LogP contribution in [0.2, 0.25) is 0 Å². The van der Waals surface area contributed by atoms with Gasteiger partial charge in [-0.15, -0.1) is 11.3 Å². The van der Waals surface area contributed by atoms with E-state index in [0.717, 1.165) is 66.1 Å². The van der Waals surface area contributed by atoms with Crippen LogP contribution >= 0.6 is 11.3 Å². The Bertz CT molecular complexity index is 952. The van der Waals surface area contributed by atoms with Crippen LogP contribution < -0.4 is 10.2 Å². The molecule has 0 aliphatic carbocycles. The van der Waals surface area contributed by atoms with Crippen molar-refractivity contribution in [2.24, 2.45) is 5.10 Å². The van der Waals surface area contributed by atoms with E-state index in [9.17, 15) is 0 Å². The molecule has 0 spiro atoms. The summed E-state index contributed by atoms with van der Waals surface area (Å²) in [6, 6.07) is 16.2. The van der Waals surface area contributed by atoms with Gasteiger partial charge in [0.2, 0.25) is 5.13 Å². The van der Waals surface area contributed by atoms with Crippen molar-refractivity contribution in [3.63, 3.8) is 0 Å². The summed E-state index contributed by atoms with van der Waals surface area (Å²) in [7, 11) is 1.71. The lowest BCUT2D eigenvalue weighted by Crippen LogP contribution is -2.35. The summed E-state index contributed by atoms with van der Waals surface area (Å²) in [5.74, 6) is 0.897. The summed E-state index contributed by atoms with van der Waals surface area (Å²) in [6.45, 7) is 4.29. The minimum Gasteiger partial charge on any atom is -0.496 e. The van der Waals surface area contributed by atoms with Gasteiger partial charge in [0.25, 0.3) is 0 Å². The number of ether oxygens (including phenoxy) is 2. The predicted molar refractivity (Wildman–Crippen MR) is 118 cm³/mol. The first-order valence-electron chi connectivity index (χ1n) is 9.59. The van der Waals surface area contributed by atoms with Crippen molar-refractivity contribution in [3.8, 4) is 17.0 Å². The van der Waals surface area contributed by atoms with E-state index in [1.807, 2.05) is 41.9 Å². The van der Waals surface area contributed by atoms with E-state index in [1.54, 1.807) is 7.11 Å². The molecule has 1 aliphatic rings. The smallest absolute Gasteiger partial charge is 0.203 e. The van der Waals surface area contributed by atoms with Crippen molar-refractivity contribution in [1.82, 2.24) is 9.88 Å². The second-order valence-corrected chi connectivity index (χ2v) is 7.59. The highest BCUT2D eigenvalue weighted by Gasteiger charge is 2.13. The minimum absolute atomic E-state index is 0.766. The third kappa shape index (κ3) is 5.20. The van der Waals surface area contributed by atoms with E-state index < -0.39 is 0 Å². The summed E-state index contributed by atoms with van der Waals surface area (Å²) in [5.41, 5.74) is 7.25. The highest BCUT2D eigenvalue weighted by molar-refractivity contribution is 7.14. The Morgan fingerprint density at radius 3 is 2.83 bits per heavy atom. The van der Waals surface area contributed by atoms with Crippen LogP contribution in [0.5, 0.6) is 5.75 Å². The van der Waals surface area contributed by atoms with Crippen LogP contribution in [-0.2, 0) is 11.3 Å². The van der Waals surface area contributed by atoms with E-state index in [4.69, 9.17) is 9.47 Å². The zero-order valence-corrected chi connectivity index (χ0v) is 17.2. The van der Waals surface area contributed by atoms with Crippen LogP contribution in [-0.4, -0.2) is 49.5 Å². The third-order valence-electron chi connectivity index (χ3n) is 4.75. The van der Waals surface area contributed by atoms with E-state index in [2.05, 4.69) is 38.6 Å². The van der Waals surface area contributed by atoms with Gasteiger partial charge in [0.15, 0.2) is 0 Å². The third-order valence-corrected chi connectivity index (χ3v) is 5.50. The second kappa shape index (κ2) is 9.65. The molecule has 0 unspecified atom stereocenters. The van der Waals surface area contributed by atoms with Crippen molar-refractivity contribution in [2.45, 2.75) is 6.54 Å². The van der Waals surface area contributed by atoms with E-state index in [1.165, 1.54) is 11.3 Å². The van der Waals surface area contributed by atoms with Crippen LogP contribution in [0.4, 0.5) is 5.13 Å². The molecule has 1 fully saturated rings. The molecule has 4 rings (SSSR count). The van der Waals surface area contributed by atoms with E-state index >= 15 is 0 Å². The van der Waals surface area contributed by atoms with Crippen molar-refractivity contribution < 1.29 is 9.47 Å². The monoisotopic (exact) mass is 408 g/mol. The van der Waals surface area contributed by atoms with Crippen molar-refractivity contribution in [1.29, 1.82) is 0 Å². The Labute approximate surface area is 174 Å². The van der Waals surface area contributed by atoms with Gasteiger partial charge in [0.1, 0.15) is 5.75 Å². The lowest BCUT2D eigenvalue weighted by molar-refractivity contribution is 0.0339. The molecular weight excluding hydrogens is 384 g/mol. The number of hydrogen-bond donors (Lipinski definition) is 1. The number of nitrogens with zero attached hydrogens (tertiary/aromatic N) is 3. The number of methoxy groups -OCH3 is 1. The second-order valence-electron chi connectivity index (χ2n) is 6.73. The fourth-order valence-electron chi connectivity index (χ4n) is 3.23. The van der Waals surface area contributed by atoms with Gasteiger partial charge >= 0.3 is 0 Å². The van der Waals surface area contributed by atoms with Gasteiger partial charge < -0.3 is 9.47 Å². The van der Waals surface area contributed by atoms with Gasteiger partial charge in [-0.25, -0.2) is 4.98 Å². The van der Waals surface area contributed by atoms with Gasteiger partial charge in [0.05, 0.1) is 32.2 Å². The first-order chi connectivity index (χ1) is 14.3. The SMILES string of the molecule is COc1ccc(C=NNc2nc(-c3ccccc3)cs2)cc1CN1CCOCC1. The Morgan fingerprint density at radius 2 is 2.03 bits per heavy atom. The van der Waals surface area contributed by atoms with E-state index in [-0.39, 0.29) is 0 Å². The first-order valence-corrected chi connectivity index (χ1v) is 10.5. The number of morpholine rings is 1. The number of thiazole rings is 1. The molecule has 0 atom stereocenters. The number of nitrogens with one attached hydrogen (secondary N) is 1. The molecule has 1 saturated heterocycles. The summed E-state index contributed by atoms with van der Waals surface area (Å²) in [5, 5.41) is 7.16. The fraction of sp³-hybridized carbons (Fsp3) is 0.273. The van der Waals surface area contributed by atoms with Crippen LogP contribution in [0, 0.1) is 0 Å². The number of anilines is 1. The first kappa shape index (κ1) is 19.6. The molecule has 0 amide bonds. The molecule has 1 aromatic heterocycles. The molecule has 29 heavy (non-hydrogen) atoms. The molecule has 2 heterocycles. The van der Waals surface area contributed by atoms with Gasteiger partial charge in [-0.3, -0.25) is 10.3 Å². The van der Waals surface area contributed by atoms with Crippen LogP contribution in [0.3, 0.4) is 0 Å². The molecule has 1 aliphatic heterocycles. The van der Waals surface area contributed by atoms with Gasteiger partial charge in [0, 0.05) is 36.1 Å². The van der Waals surface area contributed by atoms with Crippen molar-refractivity contribution in [3.05, 3.63) is 65.0 Å². The molecule has 7 heteroatoms. The van der Waals surface area contributed by atoms with E-state index in [0.29, 0.717) is 0 Å². The maximum Gasteiger partial charge on any atom is 0.203 e. The lowest BCUT2D eigenvalue weighted by Gasteiger charge is -2.27. The number of benzene rings is 2. The Balaban J connectivity index is 1.41. The zero-order chi connectivity index (χ0) is 19.9. The molecule has 0 bridgehead atoms. The van der Waals surface area contributed by atoms with Gasteiger partial charge in [-0.05, 0) is 23.8 Å². The molecule has 0 radical (unpaired) electrons. The molecule has 6 nitrogen and oxygen atoms in total. The molecular formula is C22H24N4O2S. The maximum absolute atomic E-state index is 5.53. The lowest BCUT2D eigenvalue weighted by atomic mass is 10.1. The molecule has 2 aromatic carbocycles. The normalized spacial score (nSPS) is 14.9. The summed E-state index contributed by atoms with van der Waals surface area (Å²) >= 11 is 1.54. The Morgan fingerprint density at radius 1 is 1.21 bits per heavy atom. The topological polar surface area (TPSA) is 59.0 Å². The van der Waals surface area contributed by atoms with Crippen LogP contribution in [0.1, 0.15) is 11.1 Å². The van der Waals surface area contributed by atoms with Gasteiger partial charge in [-0.1, -0.05) is 30.3 Å². The molecule has 1 N–H and O–H groups in total. The molecule has 3 aromatic rings. The fourth-order valence-corrected chi connectivity index (χ4v) is 3.90. The largest absolute Gasteiger partial charge is 0.496 e. The Kier molecular flexibility index (Phi) is 6.51. The molecule has 0 saturated carbocycles. The standard InChI is InChI=1S/C22H24N4O2S/c1-27-21-8-7-17(13-19(21)15-26-9-11-28-12-10-26)14-23-25-22-24-20(16-29-22)18-5-3-2-4-6-18/h2-8,13-14,16H,9-12,15H2,1H3,(H,24,25). The summed E-state index contributed by atoms with van der Waals surface area (Å²) in [6.07, 6.45) is 1.81. The summed E-state index contributed by atoms with van der Waals surface area (Å²) < 4.78 is 11.0. The van der Waals surface area contributed by atoms with Crippen LogP contribution in [0.25, 0.3) is 11.3 Å². The predicted octanol–water partition coefficient (Wildman–Crippen LogP) is 4.10. The molecule has 150 valence electrons. The van der Waals surface area contributed by atoms with Crippen LogP contribution in [0.15, 0.2) is 59.0 Å². The zero-order valence-electron chi connectivity index (χ0n) is 16.4. The number of hydrogen-bond acceptors (Lipinski definition) is 7. The summed E-state index contributed by atoms with van der Waals surface area (Å²) in [4.78, 5) is 6.97. The number of aromatic nitrogens is 1. The van der Waals surface area contributed by atoms with Crippen molar-refractivity contribution >= 4 is 22.7 Å². The number of rotatable bonds is 7. The highest BCUT2D eigenvalue weighted by atomic mass is 32.1. The quantitative estimate of drug-likeness (QED) is 0.471.